The van der Waals surface area contributed by atoms with Crippen molar-refractivity contribution in [2.45, 2.75) is 13.8 Å². The van der Waals surface area contributed by atoms with E-state index in [-0.39, 0.29) is 0 Å². The van der Waals surface area contributed by atoms with Crippen LogP contribution in [0.1, 0.15) is 18.7 Å². The molecule has 1 aromatic heterocycles. The normalized spacial score (nSPS) is 14.2. The predicted octanol–water partition coefficient (Wildman–Crippen LogP) is 3.13. The molecular formula is C10H10N2S. The van der Waals surface area contributed by atoms with Gasteiger partial charge in [0.25, 0.3) is 0 Å². The van der Waals surface area contributed by atoms with Crippen LogP contribution in [0.2, 0.25) is 0 Å². The van der Waals surface area contributed by atoms with Gasteiger partial charge < -0.3 is 0 Å². The van der Waals surface area contributed by atoms with E-state index in [0.717, 1.165) is 11.3 Å². The molecule has 66 valence electrons. The van der Waals surface area contributed by atoms with Crippen molar-refractivity contribution in [1.29, 1.82) is 0 Å². The van der Waals surface area contributed by atoms with Gasteiger partial charge in [0.05, 0.1) is 10.6 Å². The first-order chi connectivity index (χ1) is 6.29. The molecule has 2 rings (SSSR count). The maximum absolute atomic E-state index is 4.21. The molecule has 0 unspecified atom stereocenters. The number of thiophene rings is 1. The molecule has 0 atom stereocenters. The van der Waals surface area contributed by atoms with Gasteiger partial charge in [-0.25, -0.2) is 4.99 Å². The van der Waals surface area contributed by atoms with Gasteiger partial charge in [-0.3, -0.25) is 0 Å². The number of nitrogens with zero attached hydrogens (tertiary/aromatic N) is 2. The largest absolute Gasteiger partial charge is 0.235 e. The molecule has 13 heavy (non-hydrogen) atoms. The third kappa shape index (κ3) is 1.48. The van der Waals surface area contributed by atoms with Crippen LogP contribution in [-0.2, 0) is 0 Å². The van der Waals surface area contributed by atoms with E-state index in [2.05, 4.69) is 35.1 Å². The van der Waals surface area contributed by atoms with Crippen LogP contribution in [0.4, 0.5) is 5.69 Å². The molecule has 0 fully saturated rings. The molecule has 0 spiro atoms. The van der Waals surface area contributed by atoms with E-state index in [0.29, 0.717) is 5.92 Å². The van der Waals surface area contributed by atoms with Crippen LogP contribution >= 0.6 is 11.3 Å². The highest BCUT2D eigenvalue weighted by atomic mass is 32.1. The molecule has 0 bridgehead atoms. The van der Waals surface area contributed by atoms with Crippen LogP contribution in [0.5, 0.6) is 0 Å². The van der Waals surface area contributed by atoms with Crippen molar-refractivity contribution >= 4 is 34.8 Å². The van der Waals surface area contributed by atoms with Crippen LogP contribution in [0, 0.1) is 5.92 Å². The van der Waals surface area contributed by atoms with E-state index in [4.69, 9.17) is 0 Å². The zero-order valence-corrected chi connectivity index (χ0v) is 8.43. The van der Waals surface area contributed by atoms with Gasteiger partial charge in [0.1, 0.15) is 6.34 Å². The molecule has 0 saturated carbocycles. The average Bonchev–Trinajstić information content (AvgIpc) is 2.44. The molecule has 1 aliphatic heterocycles. The fraction of sp³-hybridized carbons (Fsp3) is 0.300. The van der Waals surface area contributed by atoms with E-state index in [1.54, 1.807) is 17.7 Å². The number of hydrogen-bond acceptors (Lipinski definition) is 3. The molecule has 0 saturated heterocycles. The lowest BCUT2D eigenvalue weighted by atomic mass is 10.0. The van der Waals surface area contributed by atoms with E-state index >= 15 is 0 Å². The summed E-state index contributed by atoms with van der Waals surface area (Å²) < 4.78 is 0. The van der Waals surface area contributed by atoms with E-state index < -0.39 is 0 Å². The van der Waals surface area contributed by atoms with Crippen molar-refractivity contribution < 1.29 is 0 Å². The fourth-order valence-corrected chi connectivity index (χ4v) is 2.22. The second kappa shape index (κ2) is 3.29. The van der Waals surface area contributed by atoms with Gasteiger partial charge in [0.2, 0.25) is 0 Å². The van der Waals surface area contributed by atoms with Gasteiger partial charge in [-0.15, -0.1) is 11.3 Å². The van der Waals surface area contributed by atoms with E-state index in [1.165, 1.54) is 4.88 Å². The van der Waals surface area contributed by atoms with Crippen LogP contribution in [0.15, 0.2) is 21.4 Å². The van der Waals surface area contributed by atoms with Crippen molar-refractivity contribution in [2.75, 3.05) is 0 Å². The Balaban J connectivity index is 2.60. The highest BCUT2D eigenvalue weighted by Gasteiger charge is 2.13. The summed E-state index contributed by atoms with van der Waals surface area (Å²) in [5.41, 5.74) is 2.17. The SMILES string of the molecule is CC(C)C1=C=NC=Nc2ccsc21. The zero-order chi connectivity index (χ0) is 9.26. The highest BCUT2D eigenvalue weighted by molar-refractivity contribution is 7.11. The second-order valence-corrected chi connectivity index (χ2v) is 4.10. The van der Waals surface area contributed by atoms with Crippen LogP contribution in [0.3, 0.4) is 0 Å². The van der Waals surface area contributed by atoms with Gasteiger partial charge in [-0.05, 0) is 23.2 Å². The minimum Gasteiger partial charge on any atom is -0.235 e. The molecule has 0 radical (unpaired) electrons. The molecule has 3 heteroatoms. The van der Waals surface area contributed by atoms with Crippen LogP contribution < -0.4 is 0 Å². The standard InChI is InChI=1S/C10H10N2S/c1-7(2)8-5-11-6-12-9-3-4-13-10(8)9/h3-4,6-7H,1-2H3. The molecule has 1 aliphatic rings. The molecule has 1 aromatic rings. The Kier molecular flexibility index (Phi) is 2.13. The van der Waals surface area contributed by atoms with Gasteiger partial charge in [-0.2, -0.15) is 4.99 Å². The summed E-state index contributed by atoms with van der Waals surface area (Å²) in [7, 11) is 0. The molecule has 2 nitrogen and oxygen atoms in total. The summed E-state index contributed by atoms with van der Waals surface area (Å²) in [6, 6.07) is 2.02. The highest BCUT2D eigenvalue weighted by Crippen LogP contribution is 2.34. The number of aliphatic imine (C=N–C) groups is 2. The number of rotatable bonds is 1. The molecule has 0 aliphatic carbocycles. The summed E-state index contributed by atoms with van der Waals surface area (Å²) in [4.78, 5) is 9.40. The van der Waals surface area contributed by atoms with Gasteiger partial charge >= 0.3 is 0 Å². The van der Waals surface area contributed by atoms with Crippen molar-refractivity contribution in [2.24, 2.45) is 15.9 Å². The third-order valence-corrected chi connectivity index (χ3v) is 2.84. The summed E-state index contributed by atoms with van der Waals surface area (Å²) in [5.74, 6) is 3.47. The smallest absolute Gasteiger partial charge is 0.126 e. The second-order valence-electron chi connectivity index (χ2n) is 3.19. The summed E-state index contributed by atoms with van der Waals surface area (Å²) in [6.45, 7) is 4.29. The summed E-state index contributed by atoms with van der Waals surface area (Å²) in [6.07, 6.45) is 1.56. The molecule has 0 N–H and O–H groups in total. The predicted molar refractivity (Wildman–Crippen MR) is 58.2 cm³/mol. The minimum absolute atomic E-state index is 0.447. The summed E-state index contributed by atoms with van der Waals surface area (Å²) >= 11 is 1.70. The lowest BCUT2D eigenvalue weighted by molar-refractivity contribution is 0.865. The van der Waals surface area contributed by atoms with Crippen molar-refractivity contribution in [3.63, 3.8) is 0 Å². The Labute approximate surface area is 81.4 Å². The first kappa shape index (κ1) is 8.42. The van der Waals surface area contributed by atoms with E-state index in [9.17, 15) is 0 Å². The zero-order valence-electron chi connectivity index (χ0n) is 7.61. The van der Waals surface area contributed by atoms with Crippen molar-refractivity contribution in [3.05, 3.63) is 16.3 Å². The monoisotopic (exact) mass is 190 g/mol. The van der Waals surface area contributed by atoms with Crippen molar-refractivity contribution in [1.82, 2.24) is 0 Å². The maximum Gasteiger partial charge on any atom is 0.126 e. The Morgan fingerprint density at radius 2 is 2.31 bits per heavy atom. The van der Waals surface area contributed by atoms with Crippen LogP contribution in [-0.4, -0.2) is 12.2 Å². The van der Waals surface area contributed by atoms with Crippen LogP contribution in [0.25, 0.3) is 5.57 Å². The Morgan fingerprint density at radius 3 is 3.08 bits per heavy atom. The number of fused-ring (bicyclic) bond motifs is 1. The van der Waals surface area contributed by atoms with Gasteiger partial charge in [0, 0.05) is 5.57 Å². The summed E-state index contributed by atoms with van der Waals surface area (Å²) in [5, 5.41) is 2.05. The minimum atomic E-state index is 0.447. The van der Waals surface area contributed by atoms with E-state index in [1.807, 2.05) is 6.07 Å². The molecule has 0 aromatic carbocycles. The average molecular weight is 190 g/mol. The lowest BCUT2D eigenvalue weighted by Gasteiger charge is -2.04. The molecular weight excluding hydrogens is 180 g/mol. The number of allylic oxidation sites excluding steroid dienone is 1. The Morgan fingerprint density at radius 1 is 1.46 bits per heavy atom. The lowest BCUT2D eigenvalue weighted by Crippen LogP contribution is -1.91. The number of hydrogen-bond donors (Lipinski definition) is 0. The third-order valence-electron chi connectivity index (χ3n) is 1.91. The van der Waals surface area contributed by atoms with Gasteiger partial charge in [-0.1, -0.05) is 13.8 Å². The topological polar surface area (TPSA) is 24.7 Å². The quantitative estimate of drug-likeness (QED) is 0.650. The Bertz CT molecular complexity index is 406. The molecule has 2 heterocycles. The first-order valence-corrected chi connectivity index (χ1v) is 5.10. The first-order valence-electron chi connectivity index (χ1n) is 4.22. The fourth-order valence-electron chi connectivity index (χ4n) is 1.24. The van der Waals surface area contributed by atoms with Crippen molar-refractivity contribution in [3.8, 4) is 0 Å². The maximum atomic E-state index is 4.21. The Hall–Kier alpha value is -1.18. The molecule has 0 amide bonds. The van der Waals surface area contributed by atoms with Gasteiger partial charge in [0.15, 0.2) is 0 Å².